The number of para-hydroxylation sites is 1. The summed E-state index contributed by atoms with van der Waals surface area (Å²) in [6, 6.07) is 9.86. The van der Waals surface area contributed by atoms with Crippen LogP contribution in [0.3, 0.4) is 0 Å². The van der Waals surface area contributed by atoms with Crippen LogP contribution >= 0.6 is 23.2 Å². The van der Waals surface area contributed by atoms with Crippen LogP contribution in [0.1, 0.15) is 6.92 Å². The lowest BCUT2D eigenvalue weighted by Gasteiger charge is -2.23. The number of nitro benzene ring substituents is 1. The van der Waals surface area contributed by atoms with Crippen LogP contribution in [0.5, 0.6) is 0 Å². The van der Waals surface area contributed by atoms with E-state index < -0.39 is 16.9 Å². The maximum atomic E-state index is 12.4. The molecule has 148 valence electrons. The Kier molecular flexibility index (Phi) is 7.33. The molecule has 10 heteroatoms. The number of nitrogens with one attached hydrogen (secondary N) is 2. The minimum absolute atomic E-state index is 0.0670. The van der Waals surface area contributed by atoms with Crippen molar-refractivity contribution in [1.29, 1.82) is 0 Å². The molecule has 2 aromatic rings. The summed E-state index contributed by atoms with van der Waals surface area (Å²) in [7, 11) is 1.60. The topological polar surface area (TPSA) is 105 Å². The van der Waals surface area contributed by atoms with Gasteiger partial charge < -0.3 is 10.6 Å². The van der Waals surface area contributed by atoms with E-state index in [9.17, 15) is 19.7 Å². The molecule has 0 saturated carbocycles. The quantitative estimate of drug-likeness (QED) is 0.519. The third-order valence-electron chi connectivity index (χ3n) is 4.00. The van der Waals surface area contributed by atoms with E-state index in [0.717, 1.165) is 0 Å². The lowest BCUT2D eigenvalue weighted by atomic mass is 10.2. The van der Waals surface area contributed by atoms with Gasteiger partial charge in [-0.3, -0.25) is 24.6 Å². The Morgan fingerprint density at radius 3 is 2.39 bits per heavy atom. The van der Waals surface area contributed by atoms with Crippen molar-refractivity contribution in [3.05, 3.63) is 62.6 Å². The molecule has 2 rings (SSSR count). The fourth-order valence-corrected chi connectivity index (χ4v) is 2.62. The zero-order chi connectivity index (χ0) is 20.8. The number of nitro groups is 1. The summed E-state index contributed by atoms with van der Waals surface area (Å²) in [5, 5.41) is 16.7. The zero-order valence-electron chi connectivity index (χ0n) is 15.1. The zero-order valence-corrected chi connectivity index (χ0v) is 16.6. The van der Waals surface area contributed by atoms with Crippen molar-refractivity contribution in [2.45, 2.75) is 13.0 Å². The Labute approximate surface area is 171 Å². The Balaban J connectivity index is 1.99. The molecule has 2 N–H and O–H groups in total. The van der Waals surface area contributed by atoms with Gasteiger partial charge in [0.1, 0.15) is 0 Å². The van der Waals surface area contributed by atoms with Gasteiger partial charge in [-0.05, 0) is 32.2 Å². The van der Waals surface area contributed by atoms with Gasteiger partial charge in [0, 0.05) is 12.1 Å². The molecule has 8 nitrogen and oxygen atoms in total. The van der Waals surface area contributed by atoms with E-state index in [2.05, 4.69) is 10.6 Å². The highest BCUT2D eigenvalue weighted by molar-refractivity contribution is 6.34. The molecule has 0 bridgehead atoms. The second-order valence-corrected chi connectivity index (χ2v) is 6.84. The highest BCUT2D eigenvalue weighted by atomic mass is 35.5. The number of rotatable bonds is 7. The van der Waals surface area contributed by atoms with E-state index in [1.807, 2.05) is 0 Å². The fourth-order valence-electron chi connectivity index (χ4n) is 2.28. The van der Waals surface area contributed by atoms with E-state index in [1.54, 1.807) is 38.2 Å². The van der Waals surface area contributed by atoms with Crippen LogP contribution in [-0.2, 0) is 9.59 Å². The first-order chi connectivity index (χ1) is 13.2. The molecule has 0 heterocycles. The lowest BCUT2D eigenvalue weighted by molar-refractivity contribution is -0.384. The average molecular weight is 425 g/mol. The average Bonchev–Trinajstić information content (AvgIpc) is 2.64. The molecular weight excluding hydrogens is 407 g/mol. The summed E-state index contributed by atoms with van der Waals surface area (Å²) in [6.07, 6.45) is 0. The second-order valence-electron chi connectivity index (χ2n) is 6.03. The molecule has 0 fully saturated rings. The van der Waals surface area contributed by atoms with Crippen LogP contribution in [0.4, 0.5) is 17.1 Å². The minimum atomic E-state index is -0.702. The number of non-ortho nitro benzene ring substituents is 1. The van der Waals surface area contributed by atoms with Gasteiger partial charge in [0.25, 0.3) is 5.69 Å². The first-order valence-corrected chi connectivity index (χ1v) is 8.94. The minimum Gasteiger partial charge on any atom is -0.324 e. The number of anilines is 2. The third kappa shape index (κ3) is 5.66. The van der Waals surface area contributed by atoms with Crippen LogP contribution in [0.2, 0.25) is 10.0 Å². The predicted molar refractivity (Wildman–Crippen MR) is 109 cm³/mol. The molecule has 0 spiro atoms. The second kappa shape index (κ2) is 9.50. The summed E-state index contributed by atoms with van der Waals surface area (Å²) < 4.78 is 0. The van der Waals surface area contributed by atoms with Crippen LogP contribution in [0.25, 0.3) is 0 Å². The summed E-state index contributed by atoms with van der Waals surface area (Å²) >= 11 is 12.0. The number of carbonyl (C=O) groups is 2. The summed E-state index contributed by atoms with van der Waals surface area (Å²) in [5.74, 6) is -0.806. The largest absolute Gasteiger partial charge is 0.324 e. The smallest absolute Gasteiger partial charge is 0.271 e. The molecule has 1 atom stereocenters. The van der Waals surface area contributed by atoms with Gasteiger partial charge in [0.2, 0.25) is 11.8 Å². The van der Waals surface area contributed by atoms with Crippen molar-refractivity contribution in [2.75, 3.05) is 24.2 Å². The number of hydrogen-bond acceptors (Lipinski definition) is 5. The van der Waals surface area contributed by atoms with Gasteiger partial charge in [-0.15, -0.1) is 0 Å². The molecule has 0 aliphatic carbocycles. The maximum Gasteiger partial charge on any atom is 0.271 e. The van der Waals surface area contributed by atoms with Gasteiger partial charge in [-0.2, -0.15) is 0 Å². The SMILES string of the molecule is CC(C(=O)Nc1cc([N+](=O)[O-])ccc1Cl)N(C)CC(=O)Nc1ccccc1Cl. The van der Waals surface area contributed by atoms with Crippen molar-refractivity contribution in [3.63, 3.8) is 0 Å². The van der Waals surface area contributed by atoms with Gasteiger partial charge in [0.15, 0.2) is 0 Å². The van der Waals surface area contributed by atoms with Crippen molar-refractivity contribution in [3.8, 4) is 0 Å². The molecule has 2 aromatic carbocycles. The Hall–Kier alpha value is -2.68. The monoisotopic (exact) mass is 424 g/mol. The van der Waals surface area contributed by atoms with Gasteiger partial charge >= 0.3 is 0 Å². The van der Waals surface area contributed by atoms with E-state index in [-0.39, 0.29) is 28.8 Å². The fraction of sp³-hybridized carbons (Fsp3) is 0.222. The van der Waals surface area contributed by atoms with E-state index in [0.29, 0.717) is 10.7 Å². The molecule has 0 aromatic heterocycles. The summed E-state index contributed by atoms with van der Waals surface area (Å²) in [5.41, 5.74) is 0.407. The normalized spacial score (nSPS) is 11.8. The van der Waals surface area contributed by atoms with Crippen LogP contribution in [-0.4, -0.2) is 41.3 Å². The summed E-state index contributed by atoms with van der Waals surface area (Å²) in [4.78, 5) is 36.5. The molecular formula is C18H18Cl2N4O4. The maximum absolute atomic E-state index is 12.4. The first-order valence-electron chi connectivity index (χ1n) is 8.18. The van der Waals surface area contributed by atoms with Gasteiger partial charge in [-0.1, -0.05) is 35.3 Å². The molecule has 0 aliphatic rings. The lowest BCUT2D eigenvalue weighted by Crippen LogP contribution is -2.43. The molecule has 0 radical (unpaired) electrons. The Morgan fingerprint density at radius 1 is 1.11 bits per heavy atom. The third-order valence-corrected chi connectivity index (χ3v) is 4.66. The molecule has 1 unspecified atom stereocenters. The van der Waals surface area contributed by atoms with Crippen LogP contribution in [0.15, 0.2) is 42.5 Å². The number of likely N-dealkylation sites (N-methyl/N-ethyl adjacent to an activating group) is 1. The molecule has 2 amide bonds. The van der Waals surface area contributed by atoms with Crippen molar-refractivity contribution in [2.24, 2.45) is 0 Å². The van der Waals surface area contributed by atoms with Gasteiger partial charge in [0.05, 0.1) is 38.9 Å². The Bertz CT molecular complexity index is 907. The van der Waals surface area contributed by atoms with E-state index in [1.165, 1.54) is 23.1 Å². The number of amides is 2. The summed E-state index contributed by atoms with van der Waals surface area (Å²) in [6.45, 7) is 1.53. The standard InChI is InChI=1S/C18H18Cl2N4O4/c1-11(18(26)22-16-9-12(24(27)28)7-8-14(16)20)23(2)10-17(25)21-15-6-4-3-5-13(15)19/h3-9,11H,10H2,1-2H3,(H,21,25)(H,22,26). The number of nitrogens with zero attached hydrogens (tertiary/aromatic N) is 2. The number of hydrogen-bond donors (Lipinski definition) is 2. The predicted octanol–water partition coefficient (Wildman–Crippen LogP) is 3.80. The number of benzene rings is 2. The molecule has 0 aliphatic heterocycles. The van der Waals surface area contributed by atoms with E-state index >= 15 is 0 Å². The number of carbonyl (C=O) groups excluding carboxylic acids is 2. The van der Waals surface area contributed by atoms with Crippen molar-refractivity contribution in [1.82, 2.24) is 4.90 Å². The van der Waals surface area contributed by atoms with Crippen LogP contribution in [0, 0.1) is 10.1 Å². The highest BCUT2D eigenvalue weighted by Gasteiger charge is 2.22. The van der Waals surface area contributed by atoms with Crippen LogP contribution < -0.4 is 10.6 Å². The highest BCUT2D eigenvalue weighted by Crippen LogP contribution is 2.27. The van der Waals surface area contributed by atoms with Crippen molar-refractivity contribution < 1.29 is 14.5 Å². The molecule has 0 saturated heterocycles. The first kappa shape index (κ1) is 21.6. The van der Waals surface area contributed by atoms with Gasteiger partial charge in [-0.25, -0.2) is 0 Å². The Morgan fingerprint density at radius 2 is 1.75 bits per heavy atom. The number of halogens is 2. The van der Waals surface area contributed by atoms with E-state index in [4.69, 9.17) is 23.2 Å². The molecule has 28 heavy (non-hydrogen) atoms. The van der Waals surface area contributed by atoms with Crippen molar-refractivity contribution >= 4 is 52.1 Å².